The van der Waals surface area contributed by atoms with Crippen molar-refractivity contribution in [1.29, 1.82) is 0 Å². The van der Waals surface area contributed by atoms with Gasteiger partial charge in [0, 0.05) is 18.8 Å². The maximum atomic E-state index is 12.5. The fourth-order valence-corrected chi connectivity index (χ4v) is 2.60. The van der Waals surface area contributed by atoms with Crippen LogP contribution in [0.5, 0.6) is 5.75 Å². The smallest absolute Gasteiger partial charge is 0.410 e. The number of hydrogen-bond donors (Lipinski definition) is 1. The molecular weight excluding hydrogens is 308 g/mol. The summed E-state index contributed by atoms with van der Waals surface area (Å²) in [7, 11) is 1.60. The standard InChI is InChI=1S/C18H26N2O4/c1-18(2,3)24-17(22)20-11-5-6-13(12-20)16(21)19-14-7-9-15(23-4)10-8-14/h7-10,13H,5-6,11-12H2,1-4H3,(H,19,21). The predicted octanol–water partition coefficient (Wildman–Crippen LogP) is 3.28. The third kappa shape index (κ3) is 5.15. The van der Waals surface area contributed by atoms with Crippen molar-refractivity contribution in [2.24, 2.45) is 5.92 Å². The van der Waals surface area contributed by atoms with Crippen molar-refractivity contribution in [3.05, 3.63) is 24.3 Å². The summed E-state index contributed by atoms with van der Waals surface area (Å²) in [6, 6.07) is 7.18. The Hall–Kier alpha value is -2.24. The molecule has 0 aromatic heterocycles. The number of methoxy groups -OCH3 is 1. The maximum absolute atomic E-state index is 12.5. The van der Waals surface area contributed by atoms with Crippen molar-refractivity contribution in [3.8, 4) is 5.75 Å². The molecule has 0 bridgehead atoms. The van der Waals surface area contributed by atoms with Crippen LogP contribution in [0.3, 0.4) is 0 Å². The van der Waals surface area contributed by atoms with Gasteiger partial charge in [0.2, 0.25) is 5.91 Å². The van der Waals surface area contributed by atoms with Gasteiger partial charge in [-0.3, -0.25) is 4.79 Å². The van der Waals surface area contributed by atoms with E-state index in [0.717, 1.165) is 24.3 Å². The number of benzene rings is 1. The van der Waals surface area contributed by atoms with Crippen LogP contribution >= 0.6 is 0 Å². The van der Waals surface area contributed by atoms with Crippen LogP contribution in [0.2, 0.25) is 0 Å². The third-order valence-corrected chi connectivity index (χ3v) is 3.80. The van der Waals surface area contributed by atoms with E-state index >= 15 is 0 Å². The average molecular weight is 334 g/mol. The number of ether oxygens (including phenoxy) is 2. The Morgan fingerprint density at radius 2 is 1.88 bits per heavy atom. The second-order valence-corrected chi connectivity index (χ2v) is 6.98. The van der Waals surface area contributed by atoms with Crippen LogP contribution < -0.4 is 10.1 Å². The van der Waals surface area contributed by atoms with Crippen molar-refractivity contribution in [2.45, 2.75) is 39.2 Å². The lowest BCUT2D eigenvalue weighted by molar-refractivity contribution is -0.121. The molecule has 1 unspecified atom stereocenters. The van der Waals surface area contributed by atoms with Crippen LogP contribution in [0.1, 0.15) is 33.6 Å². The van der Waals surface area contributed by atoms with Gasteiger partial charge in [-0.2, -0.15) is 0 Å². The number of nitrogens with one attached hydrogen (secondary N) is 1. The largest absolute Gasteiger partial charge is 0.497 e. The lowest BCUT2D eigenvalue weighted by Crippen LogP contribution is -2.45. The first kappa shape index (κ1) is 18.1. The minimum absolute atomic E-state index is 0.0755. The molecule has 1 aliphatic rings. The molecule has 0 aliphatic carbocycles. The molecule has 6 heteroatoms. The molecule has 1 saturated heterocycles. The first-order chi connectivity index (χ1) is 11.3. The van der Waals surface area contributed by atoms with Crippen LogP contribution in [0.25, 0.3) is 0 Å². The molecule has 1 aromatic rings. The molecular formula is C18H26N2O4. The van der Waals surface area contributed by atoms with Gasteiger partial charge < -0.3 is 19.7 Å². The molecule has 1 aliphatic heterocycles. The summed E-state index contributed by atoms with van der Waals surface area (Å²) < 4.78 is 10.5. The number of piperidine rings is 1. The number of likely N-dealkylation sites (tertiary alicyclic amines) is 1. The number of carbonyl (C=O) groups excluding carboxylic acids is 2. The molecule has 2 rings (SSSR count). The molecule has 2 amide bonds. The number of amides is 2. The lowest BCUT2D eigenvalue weighted by Gasteiger charge is -2.33. The molecule has 1 heterocycles. The third-order valence-electron chi connectivity index (χ3n) is 3.80. The van der Waals surface area contributed by atoms with Crippen molar-refractivity contribution in [3.63, 3.8) is 0 Å². The Bertz CT molecular complexity index is 578. The van der Waals surface area contributed by atoms with Crippen LogP contribution in [-0.2, 0) is 9.53 Å². The summed E-state index contributed by atoms with van der Waals surface area (Å²) in [4.78, 5) is 26.2. The fraction of sp³-hybridized carbons (Fsp3) is 0.556. The Balaban J connectivity index is 1.93. The van der Waals surface area contributed by atoms with Gasteiger partial charge in [0.15, 0.2) is 0 Å². The quantitative estimate of drug-likeness (QED) is 0.921. The highest BCUT2D eigenvalue weighted by atomic mass is 16.6. The summed E-state index contributed by atoms with van der Waals surface area (Å²) in [6.07, 6.45) is 1.20. The summed E-state index contributed by atoms with van der Waals surface area (Å²) in [5.41, 5.74) is 0.185. The molecule has 0 radical (unpaired) electrons. The second kappa shape index (κ2) is 7.55. The number of nitrogens with zero attached hydrogens (tertiary/aromatic N) is 1. The fourth-order valence-electron chi connectivity index (χ4n) is 2.60. The van der Waals surface area contributed by atoms with Crippen molar-refractivity contribution < 1.29 is 19.1 Å². The van der Waals surface area contributed by atoms with E-state index in [1.54, 1.807) is 36.3 Å². The summed E-state index contributed by atoms with van der Waals surface area (Å²) in [6.45, 7) is 6.52. The van der Waals surface area contributed by atoms with E-state index in [9.17, 15) is 9.59 Å². The van der Waals surface area contributed by atoms with Crippen LogP contribution in [0.15, 0.2) is 24.3 Å². The van der Waals surface area contributed by atoms with E-state index in [1.807, 2.05) is 20.8 Å². The molecule has 0 spiro atoms. The van der Waals surface area contributed by atoms with E-state index in [4.69, 9.17) is 9.47 Å². The van der Waals surface area contributed by atoms with Gasteiger partial charge in [0.05, 0.1) is 13.0 Å². The zero-order valence-corrected chi connectivity index (χ0v) is 14.8. The number of hydrogen-bond acceptors (Lipinski definition) is 4. The van der Waals surface area contributed by atoms with Crippen molar-refractivity contribution >= 4 is 17.7 Å². The van der Waals surface area contributed by atoms with Gasteiger partial charge in [-0.25, -0.2) is 4.79 Å². The van der Waals surface area contributed by atoms with Gasteiger partial charge in [0.1, 0.15) is 11.4 Å². The van der Waals surface area contributed by atoms with E-state index in [2.05, 4.69) is 5.32 Å². The second-order valence-electron chi connectivity index (χ2n) is 6.98. The summed E-state index contributed by atoms with van der Waals surface area (Å²) in [5, 5.41) is 2.90. The first-order valence-electron chi connectivity index (χ1n) is 8.21. The monoisotopic (exact) mass is 334 g/mol. The Labute approximate surface area is 143 Å². The van der Waals surface area contributed by atoms with E-state index < -0.39 is 5.60 Å². The molecule has 1 fully saturated rings. The van der Waals surface area contributed by atoms with Gasteiger partial charge in [-0.1, -0.05) is 0 Å². The van der Waals surface area contributed by atoms with Gasteiger partial charge in [0.25, 0.3) is 0 Å². The number of rotatable bonds is 3. The Kier molecular flexibility index (Phi) is 5.70. The Morgan fingerprint density at radius 1 is 1.21 bits per heavy atom. The molecule has 1 atom stereocenters. The lowest BCUT2D eigenvalue weighted by atomic mass is 9.97. The first-order valence-corrected chi connectivity index (χ1v) is 8.21. The highest BCUT2D eigenvalue weighted by Crippen LogP contribution is 2.22. The predicted molar refractivity (Wildman–Crippen MR) is 92.2 cm³/mol. The molecule has 1 aromatic carbocycles. The molecule has 24 heavy (non-hydrogen) atoms. The SMILES string of the molecule is COc1ccc(NC(=O)C2CCCN(C(=O)OC(C)(C)C)C2)cc1. The average Bonchev–Trinajstić information content (AvgIpc) is 2.54. The molecule has 1 N–H and O–H groups in total. The zero-order chi connectivity index (χ0) is 17.7. The molecule has 0 saturated carbocycles. The number of carbonyl (C=O) groups is 2. The highest BCUT2D eigenvalue weighted by molar-refractivity contribution is 5.93. The zero-order valence-electron chi connectivity index (χ0n) is 14.8. The molecule has 132 valence electrons. The Morgan fingerprint density at radius 3 is 2.46 bits per heavy atom. The topological polar surface area (TPSA) is 67.9 Å². The van der Waals surface area contributed by atoms with Gasteiger partial charge in [-0.05, 0) is 57.9 Å². The maximum Gasteiger partial charge on any atom is 0.410 e. The van der Waals surface area contributed by atoms with E-state index in [0.29, 0.717) is 13.1 Å². The van der Waals surface area contributed by atoms with Crippen LogP contribution in [-0.4, -0.2) is 42.7 Å². The van der Waals surface area contributed by atoms with Gasteiger partial charge >= 0.3 is 6.09 Å². The van der Waals surface area contributed by atoms with E-state index in [1.165, 1.54) is 0 Å². The normalized spacial score (nSPS) is 18.0. The van der Waals surface area contributed by atoms with Crippen molar-refractivity contribution in [1.82, 2.24) is 4.90 Å². The highest BCUT2D eigenvalue weighted by Gasteiger charge is 2.31. The van der Waals surface area contributed by atoms with Gasteiger partial charge in [-0.15, -0.1) is 0 Å². The molecule has 6 nitrogen and oxygen atoms in total. The van der Waals surface area contributed by atoms with E-state index in [-0.39, 0.29) is 17.9 Å². The van der Waals surface area contributed by atoms with Crippen molar-refractivity contribution in [2.75, 3.05) is 25.5 Å². The summed E-state index contributed by atoms with van der Waals surface area (Å²) >= 11 is 0. The van der Waals surface area contributed by atoms with Crippen LogP contribution in [0.4, 0.5) is 10.5 Å². The number of anilines is 1. The minimum Gasteiger partial charge on any atom is -0.497 e. The summed E-state index contributed by atoms with van der Waals surface area (Å²) in [5.74, 6) is 0.434. The minimum atomic E-state index is -0.532. The van der Waals surface area contributed by atoms with Crippen LogP contribution in [0, 0.1) is 5.92 Å².